The fourth-order valence-electron chi connectivity index (χ4n) is 3.02. The number of carbonyl (C=O) groups is 6. The smallest absolute Gasteiger partial charge is 0.305 e. The maximum Gasteiger partial charge on any atom is 0.305 e. The molecule has 1 rings (SSSR count). The third kappa shape index (κ3) is 11.6. The molecule has 11 nitrogen and oxygen atoms in total. The van der Waals surface area contributed by atoms with Gasteiger partial charge >= 0.3 is 5.97 Å². The maximum absolute atomic E-state index is 12.6. The highest BCUT2D eigenvalue weighted by atomic mass is 16.5. The van der Waals surface area contributed by atoms with E-state index >= 15 is 0 Å². The monoisotopic (exact) mass is 504 g/mol. The van der Waals surface area contributed by atoms with Gasteiger partial charge in [0.15, 0.2) is 0 Å². The molecule has 198 valence electrons. The minimum atomic E-state index is -0.844. The molecule has 0 heterocycles. The predicted octanol–water partition coefficient (Wildman–Crippen LogP) is 1.16. The molecule has 0 bridgehead atoms. The van der Waals surface area contributed by atoms with Crippen molar-refractivity contribution in [3.63, 3.8) is 0 Å². The van der Waals surface area contributed by atoms with Crippen molar-refractivity contribution in [1.29, 1.82) is 0 Å². The number of nitrogens with zero attached hydrogens (tertiary/aromatic N) is 1. The number of anilines is 1. The standard InChI is InChI=1S/C25H36N4O7/c1-5-23(34)36-16-18-9-11-19(12-10-18)27-21(32)15-26-25(35)24(17(2)3)28-20(31)7-6-8-22(33)29(4)13-14-30/h9-12,14,17,24H,5-8,13,15-16H2,1-4H3,(H,26,35)(H,27,32)(H,28,31). The molecule has 0 aliphatic rings. The first-order valence-corrected chi connectivity index (χ1v) is 11.9. The molecule has 0 aliphatic heterocycles. The van der Waals surface area contributed by atoms with Gasteiger partial charge in [0.1, 0.15) is 18.9 Å². The van der Waals surface area contributed by atoms with Gasteiger partial charge in [-0.15, -0.1) is 0 Å². The quantitative estimate of drug-likeness (QED) is 0.239. The van der Waals surface area contributed by atoms with Gasteiger partial charge in [0.2, 0.25) is 23.6 Å². The van der Waals surface area contributed by atoms with E-state index < -0.39 is 17.9 Å². The van der Waals surface area contributed by atoms with Crippen LogP contribution in [0.3, 0.4) is 0 Å². The molecule has 0 saturated carbocycles. The zero-order chi connectivity index (χ0) is 27.1. The highest BCUT2D eigenvalue weighted by Crippen LogP contribution is 2.11. The van der Waals surface area contributed by atoms with E-state index in [4.69, 9.17) is 4.74 Å². The molecule has 0 aliphatic carbocycles. The van der Waals surface area contributed by atoms with E-state index in [1.165, 1.54) is 11.9 Å². The second-order valence-corrected chi connectivity index (χ2v) is 8.56. The maximum atomic E-state index is 12.6. The lowest BCUT2D eigenvalue weighted by Gasteiger charge is -2.21. The van der Waals surface area contributed by atoms with E-state index in [0.717, 1.165) is 5.56 Å². The normalized spacial score (nSPS) is 11.2. The van der Waals surface area contributed by atoms with Crippen LogP contribution in [0.2, 0.25) is 0 Å². The number of esters is 1. The fraction of sp³-hybridized carbons (Fsp3) is 0.520. The van der Waals surface area contributed by atoms with Crippen molar-refractivity contribution in [2.24, 2.45) is 5.92 Å². The lowest BCUT2D eigenvalue weighted by molar-refractivity contribution is -0.144. The Hall–Kier alpha value is -3.76. The number of hydrogen-bond donors (Lipinski definition) is 3. The molecule has 1 unspecified atom stereocenters. The number of benzene rings is 1. The minimum absolute atomic E-state index is 0.00428. The Kier molecular flexibility index (Phi) is 13.5. The summed E-state index contributed by atoms with van der Waals surface area (Å²) in [6, 6.07) is 5.91. The number of likely N-dealkylation sites (N-methyl/N-ethyl adjacent to an activating group) is 1. The van der Waals surface area contributed by atoms with Crippen LogP contribution in [0.25, 0.3) is 0 Å². The van der Waals surface area contributed by atoms with Gasteiger partial charge in [0.05, 0.1) is 13.1 Å². The Morgan fingerprint density at radius 3 is 2.28 bits per heavy atom. The van der Waals surface area contributed by atoms with E-state index in [1.807, 2.05) is 0 Å². The summed E-state index contributed by atoms with van der Waals surface area (Å²) in [4.78, 5) is 71.9. The number of amides is 4. The summed E-state index contributed by atoms with van der Waals surface area (Å²) in [5, 5.41) is 7.83. The van der Waals surface area contributed by atoms with Crippen LogP contribution in [0, 0.1) is 5.92 Å². The fourth-order valence-corrected chi connectivity index (χ4v) is 3.02. The molecular formula is C25H36N4O7. The van der Waals surface area contributed by atoms with Crippen molar-refractivity contribution >= 4 is 41.6 Å². The van der Waals surface area contributed by atoms with E-state index in [9.17, 15) is 28.8 Å². The third-order valence-electron chi connectivity index (χ3n) is 5.18. The number of aldehydes is 1. The first-order valence-electron chi connectivity index (χ1n) is 11.9. The zero-order valence-electron chi connectivity index (χ0n) is 21.3. The Labute approximate surface area is 211 Å². The Morgan fingerprint density at radius 2 is 1.69 bits per heavy atom. The highest BCUT2D eigenvalue weighted by molar-refractivity contribution is 5.96. The van der Waals surface area contributed by atoms with Gasteiger partial charge in [-0.2, -0.15) is 0 Å². The van der Waals surface area contributed by atoms with Gasteiger partial charge in [0, 0.05) is 32.0 Å². The van der Waals surface area contributed by atoms with Crippen molar-refractivity contribution in [2.45, 2.75) is 59.1 Å². The summed E-state index contributed by atoms with van der Waals surface area (Å²) in [5.41, 5.74) is 1.29. The molecule has 0 spiro atoms. The first kappa shape index (κ1) is 30.3. The topological polar surface area (TPSA) is 151 Å². The van der Waals surface area contributed by atoms with E-state index in [1.54, 1.807) is 45.0 Å². The van der Waals surface area contributed by atoms with Crippen LogP contribution < -0.4 is 16.0 Å². The largest absolute Gasteiger partial charge is 0.461 e. The molecule has 1 aromatic carbocycles. The summed E-state index contributed by atoms with van der Waals surface area (Å²) < 4.78 is 5.05. The summed E-state index contributed by atoms with van der Waals surface area (Å²) in [7, 11) is 1.51. The van der Waals surface area contributed by atoms with Crippen LogP contribution in [0.15, 0.2) is 24.3 Å². The Morgan fingerprint density at radius 1 is 1.03 bits per heavy atom. The Balaban J connectivity index is 2.46. The van der Waals surface area contributed by atoms with Crippen molar-refractivity contribution in [1.82, 2.24) is 15.5 Å². The second kappa shape index (κ2) is 16.0. The minimum Gasteiger partial charge on any atom is -0.461 e. The summed E-state index contributed by atoms with van der Waals surface area (Å²) in [6.45, 7) is 5.10. The van der Waals surface area contributed by atoms with Gasteiger partial charge in [-0.05, 0) is 30.0 Å². The van der Waals surface area contributed by atoms with Gasteiger partial charge in [-0.1, -0.05) is 32.9 Å². The molecular weight excluding hydrogens is 468 g/mol. The average molecular weight is 505 g/mol. The van der Waals surface area contributed by atoms with Crippen LogP contribution in [0.1, 0.15) is 52.0 Å². The van der Waals surface area contributed by atoms with Crippen molar-refractivity contribution in [2.75, 3.05) is 25.5 Å². The van der Waals surface area contributed by atoms with Gasteiger partial charge in [-0.3, -0.25) is 24.0 Å². The number of ether oxygens (including phenoxy) is 1. The molecule has 0 fully saturated rings. The first-order chi connectivity index (χ1) is 17.1. The number of hydrogen-bond acceptors (Lipinski definition) is 7. The Bertz CT molecular complexity index is 915. The van der Waals surface area contributed by atoms with Crippen molar-refractivity contribution < 1.29 is 33.5 Å². The summed E-state index contributed by atoms with van der Waals surface area (Å²) >= 11 is 0. The second-order valence-electron chi connectivity index (χ2n) is 8.56. The SMILES string of the molecule is CCC(=O)OCc1ccc(NC(=O)CNC(=O)C(NC(=O)CCCC(=O)N(C)CC=O)C(C)C)cc1. The lowest BCUT2D eigenvalue weighted by atomic mass is 10.0. The van der Waals surface area contributed by atoms with E-state index in [2.05, 4.69) is 16.0 Å². The van der Waals surface area contributed by atoms with Crippen LogP contribution in [-0.2, 0) is 40.1 Å². The average Bonchev–Trinajstić information content (AvgIpc) is 2.85. The number of rotatable bonds is 15. The number of nitrogens with one attached hydrogen (secondary N) is 3. The molecule has 0 radical (unpaired) electrons. The lowest BCUT2D eigenvalue weighted by Crippen LogP contribution is -2.51. The molecule has 0 aromatic heterocycles. The van der Waals surface area contributed by atoms with Crippen LogP contribution in [0.5, 0.6) is 0 Å². The molecule has 0 saturated heterocycles. The van der Waals surface area contributed by atoms with Crippen LogP contribution >= 0.6 is 0 Å². The molecule has 4 amide bonds. The molecule has 11 heteroatoms. The van der Waals surface area contributed by atoms with Gasteiger partial charge < -0.3 is 30.4 Å². The highest BCUT2D eigenvalue weighted by Gasteiger charge is 2.24. The van der Waals surface area contributed by atoms with Crippen molar-refractivity contribution in [3.05, 3.63) is 29.8 Å². The van der Waals surface area contributed by atoms with Crippen LogP contribution in [-0.4, -0.2) is 67.0 Å². The summed E-state index contributed by atoms with van der Waals surface area (Å²) in [6.07, 6.45) is 1.36. The zero-order valence-corrected chi connectivity index (χ0v) is 21.3. The van der Waals surface area contributed by atoms with Gasteiger partial charge in [0.25, 0.3) is 0 Å². The molecule has 36 heavy (non-hydrogen) atoms. The van der Waals surface area contributed by atoms with E-state index in [-0.39, 0.29) is 62.7 Å². The van der Waals surface area contributed by atoms with Crippen molar-refractivity contribution in [3.8, 4) is 0 Å². The van der Waals surface area contributed by atoms with Crippen LogP contribution in [0.4, 0.5) is 5.69 Å². The summed E-state index contributed by atoms with van der Waals surface area (Å²) in [5.74, 6) is -2.10. The van der Waals surface area contributed by atoms with Gasteiger partial charge in [-0.25, -0.2) is 0 Å². The predicted molar refractivity (Wildman–Crippen MR) is 132 cm³/mol. The number of carbonyl (C=O) groups excluding carboxylic acids is 6. The molecule has 3 N–H and O–H groups in total. The third-order valence-corrected chi connectivity index (χ3v) is 5.18. The molecule has 1 atom stereocenters. The van der Waals surface area contributed by atoms with E-state index in [0.29, 0.717) is 18.4 Å². The molecule has 1 aromatic rings.